The number of hydrogen-bond donors (Lipinski definition) is 6. The van der Waals surface area contributed by atoms with E-state index in [-0.39, 0.29) is 103 Å². The summed E-state index contributed by atoms with van der Waals surface area (Å²) in [6, 6.07) is 20.8. The van der Waals surface area contributed by atoms with Crippen LogP contribution in [0.25, 0.3) is 11.4 Å². The molecular formula is C34H32Cl2CrN10NaO8S2+. The van der Waals surface area contributed by atoms with Crippen LogP contribution in [0.15, 0.2) is 115 Å². The fraction of sp³-hybridized carbons (Fsp3) is 0.118. The van der Waals surface area contributed by atoms with Gasteiger partial charge in [0, 0.05) is 39.5 Å². The minimum Gasteiger partial charge on any atom is -0.506 e. The van der Waals surface area contributed by atoms with Crippen molar-refractivity contribution in [2.24, 2.45) is 20.5 Å². The Balaban J connectivity index is 0.000000300. The van der Waals surface area contributed by atoms with E-state index in [1.54, 1.807) is 62.4 Å². The van der Waals surface area contributed by atoms with Gasteiger partial charge in [-0.3, -0.25) is 0 Å². The molecule has 0 radical (unpaired) electrons. The quantitative estimate of drug-likeness (QED) is 0.0846. The Morgan fingerprint density at radius 2 is 0.948 bits per heavy atom. The number of halogens is 2. The van der Waals surface area contributed by atoms with Crippen molar-refractivity contribution in [2.75, 3.05) is 14.1 Å². The Morgan fingerprint density at radius 3 is 1.26 bits per heavy atom. The summed E-state index contributed by atoms with van der Waals surface area (Å²) in [5.74, 6) is -1.26. The Hall–Kier alpha value is -4.37. The van der Waals surface area contributed by atoms with Crippen LogP contribution in [0, 0.1) is 13.8 Å². The predicted octanol–water partition coefficient (Wildman–Crippen LogP) is 4.14. The Kier molecular flexibility index (Phi) is 16.6. The molecule has 4 aromatic carbocycles. The van der Waals surface area contributed by atoms with Gasteiger partial charge in [-0.2, -0.15) is 19.6 Å². The number of hydrogen-bond acceptors (Lipinski definition) is 14. The molecule has 0 saturated carbocycles. The molecule has 0 aliphatic heterocycles. The van der Waals surface area contributed by atoms with Crippen molar-refractivity contribution in [1.82, 2.24) is 29.0 Å². The van der Waals surface area contributed by atoms with E-state index in [2.05, 4.69) is 40.1 Å². The number of aryl methyl sites for hydroxylation is 2. The van der Waals surface area contributed by atoms with Gasteiger partial charge < -0.3 is 20.4 Å². The fourth-order valence-corrected chi connectivity index (χ4v) is 6.65. The van der Waals surface area contributed by atoms with Crippen molar-refractivity contribution in [3.63, 3.8) is 0 Å². The zero-order valence-corrected chi connectivity index (χ0v) is 37.5. The van der Waals surface area contributed by atoms with Crippen LogP contribution in [0.3, 0.4) is 0 Å². The van der Waals surface area contributed by atoms with Crippen LogP contribution in [0.2, 0.25) is 10.0 Å². The molecule has 6 aromatic rings. The van der Waals surface area contributed by atoms with Crippen molar-refractivity contribution < 1.29 is 84.2 Å². The Labute approximate surface area is 375 Å². The second-order valence-corrected chi connectivity index (χ2v) is 16.1. The van der Waals surface area contributed by atoms with E-state index >= 15 is 0 Å². The third kappa shape index (κ3) is 11.0. The third-order valence-electron chi connectivity index (χ3n) is 7.68. The zero-order chi connectivity index (χ0) is 40.9. The second-order valence-electron chi connectivity index (χ2n) is 11.4. The summed E-state index contributed by atoms with van der Waals surface area (Å²) in [5.41, 5.74) is 2.15. The van der Waals surface area contributed by atoms with Gasteiger partial charge >= 0.3 is 29.6 Å². The molecule has 58 heavy (non-hydrogen) atoms. The summed E-state index contributed by atoms with van der Waals surface area (Å²) >= 11 is 11.9. The van der Waals surface area contributed by atoms with Gasteiger partial charge in [0.15, 0.2) is 11.4 Å². The van der Waals surface area contributed by atoms with Crippen LogP contribution < -0.4 is 39.0 Å². The molecule has 0 unspecified atom stereocenters. The van der Waals surface area contributed by atoms with Gasteiger partial charge in [0.1, 0.15) is 22.9 Å². The first-order valence-electron chi connectivity index (χ1n) is 15.9. The Bertz CT molecular complexity index is 2550. The molecule has 0 aliphatic carbocycles. The largest absolute Gasteiger partial charge is 1.00 e. The maximum atomic E-state index is 11.8. The summed E-state index contributed by atoms with van der Waals surface area (Å²) in [4.78, 5) is -0.224. The van der Waals surface area contributed by atoms with Crippen molar-refractivity contribution >= 4 is 66.0 Å². The minimum atomic E-state index is -3.70. The van der Waals surface area contributed by atoms with Crippen LogP contribution in [-0.4, -0.2) is 70.9 Å². The molecule has 6 rings (SSSR count). The second kappa shape index (κ2) is 20.1. The monoisotopic (exact) mass is 917 g/mol. The normalized spacial score (nSPS) is 11.6. The molecule has 0 fully saturated rings. The SMILES string of the molecule is CNS(=O)(=O)c1ccc(N=Nc2c(C)nn(-c3cccc(Cl)c3)c2O)c(O)c1.CNS(=O)(=O)c1ccc(N=Nc2c(C)nn(-c3cccc(Cl)c3)c2O)c(O)c1.[Cr].[Na+]. The van der Waals surface area contributed by atoms with Crippen molar-refractivity contribution in [1.29, 1.82) is 0 Å². The van der Waals surface area contributed by atoms with Gasteiger partial charge in [-0.25, -0.2) is 26.3 Å². The summed E-state index contributed by atoms with van der Waals surface area (Å²) in [6.45, 7) is 3.27. The smallest absolute Gasteiger partial charge is 0.506 e. The molecule has 2 heterocycles. The first kappa shape index (κ1) is 48.0. The molecule has 0 bridgehead atoms. The predicted molar refractivity (Wildman–Crippen MR) is 207 cm³/mol. The van der Waals surface area contributed by atoms with E-state index in [0.29, 0.717) is 32.8 Å². The summed E-state index contributed by atoms with van der Waals surface area (Å²) in [6.07, 6.45) is 0. The molecule has 6 N–H and O–H groups in total. The zero-order valence-electron chi connectivity index (χ0n) is 31.1. The average molecular weight is 919 g/mol. The molecule has 0 aliphatic rings. The van der Waals surface area contributed by atoms with Crippen molar-refractivity contribution in [3.05, 3.63) is 106 Å². The van der Waals surface area contributed by atoms with E-state index in [1.165, 1.54) is 47.7 Å². The number of sulfonamides is 2. The number of nitrogens with zero attached hydrogens (tertiary/aromatic N) is 8. The van der Waals surface area contributed by atoms with Crippen LogP contribution in [0.5, 0.6) is 23.3 Å². The van der Waals surface area contributed by atoms with Crippen molar-refractivity contribution in [3.8, 4) is 34.6 Å². The van der Waals surface area contributed by atoms with Gasteiger partial charge in [0.2, 0.25) is 31.8 Å². The van der Waals surface area contributed by atoms with E-state index in [1.807, 2.05) is 0 Å². The maximum absolute atomic E-state index is 11.8. The summed E-state index contributed by atoms with van der Waals surface area (Å²) in [7, 11) is -4.86. The van der Waals surface area contributed by atoms with E-state index in [0.717, 1.165) is 12.1 Å². The topological polar surface area (TPSA) is 258 Å². The molecule has 18 nitrogen and oxygen atoms in total. The average Bonchev–Trinajstić information content (AvgIpc) is 3.62. The van der Waals surface area contributed by atoms with Gasteiger partial charge in [-0.15, -0.1) is 20.5 Å². The summed E-state index contributed by atoms with van der Waals surface area (Å²) in [5, 5.41) is 66.0. The number of benzene rings is 4. The van der Waals surface area contributed by atoms with E-state index in [9.17, 15) is 37.3 Å². The van der Waals surface area contributed by atoms with Crippen molar-refractivity contribution in [2.45, 2.75) is 23.6 Å². The number of rotatable bonds is 10. The fourth-order valence-electron chi connectivity index (χ4n) is 4.78. The molecule has 0 spiro atoms. The van der Waals surface area contributed by atoms with Gasteiger partial charge in [0.05, 0.1) is 32.6 Å². The molecule has 0 atom stereocenters. The molecule has 2 aromatic heterocycles. The molecule has 0 saturated heterocycles. The number of phenols is 2. The first-order chi connectivity index (χ1) is 26.4. The van der Waals surface area contributed by atoms with E-state index < -0.39 is 20.0 Å². The molecule has 298 valence electrons. The number of azo groups is 2. The molecule has 0 amide bonds. The number of nitrogens with one attached hydrogen (secondary N) is 2. The van der Waals surface area contributed by atoms with Crippen LogP contribution >= 0.6 is 23.2 Å². The third-order valence-corrected chi connectivity index (χ3v) is 11.0. The summed E-state index contributed by atoms with van der Waals surface area (Å²) < 4.78 is 53.9. The number of phenolic OH excluding ortho intramolecular Hbond substituents is 2. The minimum absolute atomic E-state index is 0. The van der Waals surface area contributed by atoms with Gasteiger partial charge in [-0.05, 0) is 88.6 Å². The van der Waals surface area contributed by atoms with Gasteiger partial charge in [-0.1, -0.05) is 35.3 Å². The standard InChI is InChI=1S/2C17H16ClN5O4S.Cr.Na/c2*1-10-16(17(25)23(22-10)12-5-3-4-11(18)8-12)21-20-14-7-6-13(9-15(14)24)28(26,27)19-2;;/h2*3-9,19,24-25H,1-2H3;;/q;;;+1. The Morgan fingerprint density at radius 1 is 0.586 bits per heavy atom. The molecular weight excluding hydrogens is 886 g/mol. The molecule has 24 heteroatoms. The van der Waals surface area contributed by atoms with Gasteiger partial charge in [0.25, 0.3) is 0 Å². The number of aromatic hydroxyl groups is 4. The number of aromatic nitrogens is 4. The van der Waals surface area contributed by atoms with Crippen LogP contribution in [0.1, 0.15) is 11.4 Å². The van der Waals surface area contributed by atoms with Crippen LogP contribution in [-0.2, 0) is 37.4 Å². The van der Waals surface area contributed by atoms with Crippen LogP contribution in [0.4, 0.5) is 22.7 Å². The maximum Gasteiger partial charge on any atom is 1.00 e. The van der Waals surface area contributed by atoms with E-state index in [4.69, 9.17) is 23.2 Å². The first-order valence-corrected chi connectivity index (χ1v) is 19.6.